The standard InChI is InChI=1S/C20H19F2N3O4/c1-28-17-10-13(6-7-16(17)29-20(21)22)11-23-18(26)8-9-25-12-24-15-5-3-2-4-14(15)19(25)27/h2-7,10,12,20H,8-9,11H2,1H3,(H,23,26). The second-order valence-electron chi connectivity index (χ2n) is 6.15. The summed E-state index contributed by atoms with van der Waals surface area (Å²) in [5.74, 6) is -0.205. The summed E-state index contributed by atoms with van der Waals surface area (Å²) in [5.41, 5.74) is 1.05. The van der Waals surface area contributed by atoms with Crippen LogP contribution in [0.1, 0.15) is 12.0 Å². The maximum atomic E-state index is 12.4. The predicted octanol–water partition coefficient (Wildman–Crippen LogP) is 2.71. The number of aryl methyl sites for hydroxylation is 1. The SMILES string of the molecule is COc1cc(CNC(=O)CCn2cnc3ccccc3c2=O)ccc1OC(F)F. The zero-order valence-corrected chi connectivity index (χ0v) is 15.6. The van der Waals surface area contributed by atoms with Gasteiger partial charge in [0, 0.05) is 19.5 Å². The van der Waals surface area contributed by atoms with Crippen LogP contribution in [0.2, 0.25) is 0 Å². The van der Waals surface area contributed by atoms with E-state index in [1.54, 1.807) is 30.3 Å². The Morgan fingerprint density at radius 1 is 1.21 bits per heavy atom. The fraction of sp³-hybridized carbons (Fsp3) is 0.250. The van der Waals surface area contributed by atoms with E-state index >= 15 is 0 Å². The van der Waals surface area contributed by atoms with Gasteiger partial charge in [0.2, 0.25) is 5.91 Å². The van der Waals surface area contributed by atoms with E-state index in [4.69, 9.17) is 4.74 Å². The molecule has 9 heteroatoms. The summed E-state index contributed by atoms with van der Waals surface area (Å²) in [6, 6.07) is 11.4. The molecule has 3 aromatic rings. The molecule has 1 amide bonds. The van der Waals surface area contributed by atoms with Crippen molar-refractivity contribution in [3.05, 3.63) is 64.7 Å². The molecule has 2 aromatic carbocycles. The van der Waals surface area contributed by atoms with E-state index in [2.05, 4.69) is 15.0 Å². The largest absolute Gasteiger partial charge is 0.493 e. The van der Waals surface area contributed by atoms with Crippen LogP contribution in [0.4, 0.5) is 8.78 Å². The van der Waals surface area contributed by atoms with Gasteiger partial charge in [-0.1, -0.05) is 18.2 Å². The van der Waals surface area contributed by atoms with Crippen molar-refractivity contribution in [2.24, 2.45) is 0 Å². The first-order valence-corrected chi connectivity index (χ1v) is 8.80. The molecule has 3 rings (SSSR count). The first-order chi connectivity index (χ1) is 14.0. The lowest BCUT2D eigenvalue weighted by atomic mass is 10.2. The Hall–Kier alpha value is -3.49. The number of benzene rings is 2. The van der Waals surface area contributed by atoms with Crippen LogP contribution < -0.4 is 20.3 Å². The van der Waals surface area contributed by atoms with Gasteiger partial charge in [0.15, 0.2) is 11.5 Å². The lowest BCUT2D eigenvalue weighted by molar-refractivity contribution is -0.121. The highest BCUT2D eigenvalue weighted by atomic mass is 19.3. The van der Waals surface area contributed by atoms with Crippen molar-refractivity contribution < 1.29 is 23.0 Å². The molecule has 0 radical (unpaired) electrons. The van der Waals surface area contributed by atoms with Crippen LogP contribution in [0.15, 0.2) is 53.6 Å². The molecule has 0 spiro atoms. The van der Waals surface area contributed by atoms with Gasteiger partial charge in [-0.2, -0.15) is 8.78 Å². The number of ether oxygens (including phenoxy) is 2. The average molecular weight is 403 g/mol. The number of aromatic nitrogens is 2. The minimum absolute atomic E-state index is 0.0826. The number of rotatable bonds is 8. The molecule has 29 heavy (non-hydrogen) atoms. The zero-order chi connectivity index (χ0) is 20.8. The molecule has 0 fully saturated rings. The number of amides is 1. The summed E-state index contributed by atoms with van der Waals surface area (Å²) < 4.78 is 35.5. The number of halogens is 2. The Morgan fingerprint density at radius 2 is 2.00 bits per heavy atom. The number of methoxy groups -OCH3 is 1. The number of fused-ring (bicyclic) bond motifs is 1. The third-order valence-electron chi connectivity index (χ3n) is 4.25. The summed E-state index contributed by atoms with van der Waals surface area (Å²) in [7, 11) is 1.34. The van der Waals surface area contributed by atoms with E-state index in [9.17, 15) is 18.4 Å². The molecular weight excluding hydrogens is 384 g/mol. The monoisotopic (exact) mass is 403 g/mol. The van der Waals surface area contributed by atoms with Crippen LogP contribution >= 0.6 is 0 Å². The average Bonchev–Trinajstić information content (AvgIpc) is 2.72. The fourth-order valence-electron chi connectivity index (χ4n) is 2.79. The van der Waals surface area contributed by atoms with E-state index in [0.717, 1.165) is 0 Å². The highest BCUT2D eigenvalue weighted by molar-refractivity contribution is 5.77. The van der Waals surface area contributed by atoms with Gasteiger partial charge in [-0.25, -0.2) is 4.98 Å². The molecular formula is C20H19F2N3O4. The van der Waals surface area contributed by atoms with Gasteiger partial charge in [0.05, 0.1) is 24.3 Å². The quantitative estimate of drug-likeness (QED) is 0.625. The second-order valence-corrected chi connectivity index (χ2v) is 6.15. The van der Waals surface area contributed by atoms with Crippen LogP contribution in [0.5, 0.6) is 11.5 Å². The predicted molar refractivity (Wildman–Crippen MR) is 102 cm³/mol. The number of nitrogens with one attached hydrogen (secondary N) is 1. The summed E-state index contributed by atoms with van der Waals surface area (Å²) in [4.78, 5) is 28.8. The summed E-state index contributed by atoms with van der Waals surface area (Å²) in [6.45, 7) is -2.59. The molecule has 0 aliphatic heterocycles. The number of alkyl halides is 2. The number of hydrogen-bond donors (Lipinski definition) is 1. The maximum absolute atomic E-state index is 12.4. The fourth-order valence-corrected chi connectivity index (χ4v) is 2.79. The van der Waals surface area contributed by atoms with Gasteiger partial charge in [-0.3, -0.25) is 14.2 Å². The minimum Gasteiger partial charge on any atom is -0.493 e. The number of nitrogens with zero attached hydrogens (tertiary/aromatic N) is 2. The van der Waals surface area contributed by atoms with E-state index in [1.165, 1.54) is 30.1 Å². The Kier molecular flexibility index (Phi) is 6.38. The van der Waals surface area contributed by atoms with E-state index in [-0.39, 0.29) is 42.5 Å². The Bertz CT molecular complexity index is 1070. The number of carbonyl (C=O) groups is 1. The van der Waals surface area contributed by atoms with Gasteiger partial charge in [-0.15, -0.1) is 0 Å². The van der Waals surface area contributed by atoms with Gasteiger partial charge >= 0.3 is 6.61 Å². The minimum atomic E-state index is -2.96. The van der Waals surface area contributed by atoms with Crippen LogP contribution in [0, 0.1) is 0 Å². The molecule has 0 bridgehead atoms. The third kappa shape index (κ3) is 5.07. The van der Waals surface area contributed by atoms with E-state index in [0.29, 0.717) is 16.5 Å². The molecule has 1 aromatic heterocycles. The molecule has 1 N–H and O–H groups in total. The van der Waals surface area contributed by atoms with Crippen LogP contribution in [0.25, 0.3) is 10.9 Å². The van der Waals surface area contributed by atoms with Crippen LogP contribution in [-0.4, -0.2) is 29.2 Å². The van der Waals surface area contributed by atoms with Gasteiger partial charge < -0.3 is 14.8 Å². The zero-order valence-electron chi connectivity index (χ0n) is 15.6. The summed E-state index contributed by atoms with van der Waals surface area (Å²) >= 11 is 0. The summed E-state index contributed by atoms with van der Waals surface area (Å²) in [5, 5.41) is 3.21. The lowest BCUT2D eigenvalue weighted by Gasteiger charge is -2.12. The molecule has 0 aliphatic carbocycles. The highest BCUT2D eigenvalue weighted by Gasteiger charge is 2.12. The number of hydrogen-bond acceptors (Lipinski definition) is 5. The topological polar surface area (TPSA) is 82.5 Å². The molecule has 0 atom stereocenters. The Labute approximate surface area is 164 Å². The van der Waals surface area contributed by atoms with Crippen molar-refractivity contribution in [2.45, 2.75) is 26.1 Å². The molecule has 0 aliphatic rings. The van der Waals surface area contributed by atoms with Crippen molar-refractivity contribution in [3.63, 3.8) is 0 Å². The smallest absolute Gasteiger partial charge is 0.387 e. The van der Waals surface area contributed by atoms with Crippen molar-refractivity contribution in [2.75, 3.05) is 7.11 Å². The Balaban J connectivity index is 1.58. The van der Waals surface area contributed by atoms with Gasteiger partial charge in [0.25, 0.3) is 5.56 Å². The maximum Gasteiger partial charge on any atom is 0.387 e. The van der Waals surface area contributed by atoms with E-state index < -0.39 is 6.61 Å². The van der Waals surface area contributed by atoms with Crippen molar-refractivity contribution in [3.8, 4) is 11.5 Å². The molecule has 0 unspecified atom stereocenters. The first-order valence-electron chi connectivity index (χ1n) is 8.80. The molecule has 0 saturated heterocycles. The highest BCUT2D eigenvalue weighted by Crippen LogP contribution is 2.29. The van der Waals surface area contributed by atoms with Crippen molar-refractivity contribution in [1.29, 1.82) is 0 Å². The van der Waals surface area contributed by atoms with E-state index in [1.807, 2.05) is 0 Å². The van der Waals surface area contributed by atoms with Crippen LogP contribution in [-0.2, 0) is 17.9 Å². The summed E-state index contributed by atoms with van der Waals surface area (Å²) in [6.07, 6.45) is 1.51. The molecule has 7 nitrogen and oxygen atoms in total. The number of para-hydroxylation sites is 1. The molecule has 0 saturated carbocycles. The lowest BCUT2D eigenvalue weighted by Crippen LogP contribution is -2.27. The molecule has 1 heterocycles. The van der Waals surface area contributed by atoms with Crippen molar-refractivity contribution >= 4 is 16.8 Å². The first kappa shape index (κ1) is 20.2. The number of carbonyl (C=O) groups excluding carboxylic acids is 1. The second kappa shape index (κ2) is 9.13. The van der Waals surface area contributed by atoms with Gasteiger partial charge in [-0.05, 0) is 29.8 Å². The van der Waals surface area contributed by atoms with Gasteiger partial charge in [0.1, 0.15) is 0 Å². The molecule has 152 valence electrons. The Morgan fingerprint density at radius 3 is 2.76 bits per heavy atom. The van der Waals surface area contributed by atoms with Crippen LogP contribution in [0.3, 0.4) is 0 Å². The van der Waals surface area contributed by atoms with Crippen molar-refractivity contribution in [1.82, 2.24) is 14.9 Å². The normalized spacial score (nSPS) is 10.9. The third-order valence-corrected chi connectivity index (χ3v) is 4.25.